The Morgan fingerprint density at radius 3 is 2.32 bits per heavy atom. The van der Waals surface area contributed by atoms with Crippen molar-refractivity contribution in [2.45, 2.75) is 57.3 Å². The summed E-state index contributed by atoms with van der Waals surface area (Å²) in [4.78, 5) is 4.75. The van der Waals surface area contributed by atoms with Crippen LogP contribution in [-0.2, 0) is 10.9 Å². The lowest BCUT2D eigenvalue weighted by atomic mass is 10.0. The fraction of sp³-hybridized carbons (Fsp3) is 0.556. The van der Waals surface area contributed by atoms with Crippen LogP contribution in [0, 0.1) is 5.41 Å². The van der Waals surface area contributed by atoms with E-state index in [0.29, 0.717) is 17.8 Å². The number of hydrogen-bond acceptors (Lipinski definition) is 5. The first kappa shape index (κ1) is 18.1. The molecule has 0 spiro atoms. The summed E-state index contributed by atoms with van der Waals surface area (Å²) >= 11 is 0. The van der Waals surface area contributed by atoms with Gasteiger partial charge in [0.05, 0.1) is 5.92 Å². The molecule has 4 rings (SSSR count). The Morgan fingerprint density at radius 2 is 1.72 bits per heavy atom. The van der Waals surface area contributed by atoms with Gasteiger partial charge in [-0.1, -0.05) is 62.2 Å². The number of benzene rings is 1. The van der Waals surface area contributed by atoms with Crippen LogP contribution in [0.2, 0.25) is 0 Å². The second-order valence-electron chi connectivity index (χ2n) is 7.44. The quantitative estimate of drug-likeness (QED) is 0.816. The van der Waals surface area contributed by atoms with Crippen LogP contribution >= 0.6 is 0 Å². The van der Waals surface area contributed by atoms with Crippen LogP contribution in [0.3, 0.4) is 0 Å². The van der Waals surface area contributed by atoms with Crippen molar-refractivity contribution in [1.82, 2.24) is 10.1 Å². The molecule has 1 aromatic heterocycles. The fourth-order valence-electron chi connectivity index (χ4n) is 4.10. The molecule has 0 bridgehead atoms. The summed E-state index contributed by atoms with van der Waals surface area (Å²) in [6.45, 7) is 4.60. The molecule has 2 atom stereocenters. The van der Waals surface area contributed by atoms with Crippen LogP contribution in [0.15, 0.2) is 34.9 Å². The summed E-state index contributed by atoms with van der Waals surface area (Å²) in [5, 5.41) is 8.33. The van der Waals surface area contributed by atoms with E-state index in [2.05, 4.69) is 54.5 Å². The van der Waals surface area contributed by atoms with Crippen molar-refractivity contribution in [3.63, 3.8) is 0 Å². The molecule has 0 saturated heterocycles. The van der Waals surface area contributed by atoms with Gasteiger partial charge in [0, 0.05) is 11.8 Å². The van der Waals surface area contributed by atoms with Crippen molar-refractivity contribution in [1.29, 1.82) is 0 Å². The Labute approximate surface area is 149 Å². The lowest BCUT2D eigenvalue weighted by Crippen LogP contribution is -1.95. The molecular weight excluding hydrogens is 338 g/mol. The van der Waals surface area contributed by atoms with Gasteiger partial charge in [-0.05, 0) is 23.8 Å². The summed E-state index contributed by atoms with van der Waals surface area (Å²) in [6.07, 6.45) is 5.04. The molecule has 0 unspecified atom stereocenters. The lowest BCUT2D eigenvalue weighted by molar-refractivity contribution is 0.360. The zero-order valence-electron chi connectivity index (χ0n) is 14.6. The average Bonchev–Trinajstić information content (AvgIpc) is 3.04. The van der Waals surface area contributed by atoms with Crippen LogP contribution in [0.1, 0.15) is 74.6 Å². The van der Waals surface area contributed by atoms with Crippen LogP contribution in [0.4, 0.5) is 0 Å². The zero-order valence-corrected chi connectivity index (χ0v) is 15.5. The minimum absolute atomic E-state index is 0.209. The predicted octanol–water partition coefficient (Wildman–Crippen LogP) is 3.11. The van der Waals surface area contributed by atoms with E-state index >= 15 is 0 Å². The standard InChI is InChI=1S/C18H22N2O.H3NO2S/c1-18(2)14(12-8-4-3-5-9-12)15(18)17-19-16(20-21-17)13-10-6-7-11-13;1-4(2)3/h3-5,8-9,13-15H,6-7,10-11H2,1-2H3;4H,(H2,1,2,3)/t14-,15+;/m1./s1. The van der Waals surface area contributed by atoms with E-state index in [0.717, 1.165) is 11.7 Å². The molecule has 2 N–H and O–H groups in total. The van der Waals surface area contributed by atoms with E-state index in [-0.39, 0.29) is 5.41 Å². The molecule has 25 heavy (non-hydrogen) atoms. The molecular formula is C18H25N3O3S. The van der Waals surface area contributed by atoms with Crippen LogP contribution in [0.25, 0.3) is 0 Å². The smallest absolute Gasteiger partial charge is 0.230 e. The second kappa shape index (κ2) is 7.25. The lowest BCUT2D eigenvalue weighted by Gasteiger charge is -2.01. The summed E-state index contributed by atoms with van der Waals surface area (Å²) in [7, 11) is -2.62. The Hall–Kier alpha value is -1.73. The van der Waals surface area contributed by atoms with Gasteiger partial charge >= 0.3 is 0 Å². The van der Waals surface area contributed by atoms with Gasteiger partial charge in [-0.15, -0.1) is 0 Å². The number of nitrogens with two attached hydrogens (primary N) is 1. The molecule has 6 nitrogen and oxygen atoms in total. The number of rotatable bonds is 3. The first-order valence-electron chi connectivity index (χ1n) is 8.68. The average molecular weight is 363 g/mol. The molecule has 0 radical (unpaired) electrons. The maximum absolute atomic E-state index is 8.81. The van der Waals surface area contributed by atoms with E-state index in [1.807, 2.05) is 0 Å². The van der Waals surface area contributed by atoms with Gasteiger partial charge in [-0.3, -0.25) is 0 Å². The zero-order chi connectivity index (χ0) is 18.0. The maximum atomic E-state index is 8.81. The molecule has 2 saturated carbocycles. The van der Waals surface area contributed by atoms with Gasteiger partial charge in [0.2, 0.25) is 5.89 Å². The van der Waals surface area contributed by atoms with Gasteiger partial charge < -0.3 is 4.52 Å². The molecule has 1 aromatic carbocycles. The Kier molecular flexibility index (Phi) is 5.24. The summed E-state index contributed by atoms with van der Waals surface area (Å²) in [5.74, 6) is 3.17. The Bertz CT molecular complexity index is 772. The number of thiol groups is 1. The van der Waals surface area contributed by atoms with Crippen LogP contribution in [0.5, 0.6) is 0 Å². The highest BCUT2D eigenvalue weighted by molar-refractivity contribution is 7.69. The minimum atomic E-state index is -2.62. The first-order chi connectivity index (χ1) is 11.9. The third-order valence-corrected chi connectivity index (χ3v) is 5.43. The third kappa shape index (κ3) is 3.93. The third-order valence-electron chi connectivity index (χ3n) is 5.43. The normalized spacial score (nSPS) is 24.8. The number of aromatic nitrogens is 2. The molecule has 2 aromatic rings. The summed E-state index contributed by atoms with van der Waals surface area (Å²) < 4.78 is 23.3. The van der Waals surface area contributed by atoms with E-state index in [1.165, 1.54) is 31.2 Å². The highest BCUT2D eigenvalue weighted by Crippen LogP contribution is 2.69. The molecule has 2 aliphatic carbocycles. The molecule has 2 aliphatic rings. The predicted molar refractivity (Wildman–Crippen MR) is 95.7 cm³/mol. The molecule has 0 aliphatic heterocycles. The molecule has 0 amide bonds. The molecule has 1 heterocycles. The first-order valence-corrected chi connectivity index (χ1v) is 9.93. The topological polar surface area (TPSA) is 99.1 Å². The van der Waals surface area contributed by atoms with Crippen molar-refractivity contribution in [3.8, 4) is 0 Å². The molecule has 2 fully saturated rings. The Balaban J connectivity index is 0.000000415. The van der Waals surface area contributed by atoms with Crippen molar-refractivity contribution in [3.05, 3.63) is 47.6 Å². The SMILES string of the molecule is CC1(C)[C@H](c2ccccc2)[C@H]1c1nc(C2CCCC2)no1.N[SH](=O)=O. The van der Waals surface area contributed by atoms with Crippen molar-refractivity contribution >= 4 is 10.9 Å². The number of nitrogens with zero attached hydrogens (tertiary/aromatic N) is 2. The summed E-state index contributed by atoms with van der Waals surface area (Å²) in [5.41, 5.74) is 1.59. The van der Waals surface area contributed by atoms with Gasteiger partial charge in [0.1, 0.15) is 0 Å². The van der Waals surface area contributed by atoms with Gasteiger partial charge in [-0.25, -0.2) is 13.6 Å². The number of hydrogen-bond donors (Lipinski definition) is 2. The molecule has 136 valence electrons. The van der Waals surface area contributed by atoms with E-state index in [4.69, 9.17) is 17.9 Å². The van der Waals surface area contributed by atoms with Crippen molar-refractivity contribution in [2.75, 3.05) is 0 Å². The monoisotopic (exact) mass is 363 g/mol. The maximum Gasteiger partial charge on any atom is 0.230 e. The highest BCUT2D eigenvalue weighted by atomic mass is 32.2. The van der Waals surface area contributed by atoms with E-state index in [9.17, 15) is 0 Å². The van der Waals surface area contributed by atoms with Gasteiger partial charge in [0.15, 0.2) is 16.7 Å². The van der Waals surface area contributed by atoms with Crippen molar-refractivity contribution < 1.29 is 12.9 Å². The van der Waals surface area contributed by atoms with Gasteiger partial charge in [-0.2, -0.15) is 4.98 Å². The van der Waals surface area contributed by atoms with Crippen LogP contribution in [-0.4, -0.2) is 18.6 Å². The molecule has 7 heteroatoms. The van der Waals surface area contributed by atoms with Gasteiger partial charge in [0.25, 0.3) is 0 Å². The fourth-order valence-corrected chi connectivity index (χ4v) is 4.10. The van der Waals surface area contributed by atoms with Crippen molar-refractivity contribution in [2.24, 2.45) is 10.6 Å². The highest BCUT2D eigenvalue weighted by Gasteiger charge is 2.61. The van der Waals surface area contributed by atoms with E-state index in [1.54, 1.807) is 0 Å². The van der Waals surface area contributed by atoms with E-state index < -0.39 is 10.9 Å². The second-order valence-corrected chi connectivity index (χ2v) is 8.02. The Morgan fingerprint density at radius 1 is 1.12 bits per heavy atom. The minimum Gasteiger partial charge on any atom is -0.339 e. The van der Waals surface area contributed by atoms with Crippen LogP contribution < -0.4 is 5.14 Å². The largest absolute Gasteiger partial charge is 0.339 e. The summed E-state index contributed by atoms with van der Waals surface area (Å²) in [6, 6.07) is 10.7.